The Morgan fingerprint density at radius 3 is 2.46 bits per heavy atom. The Morgan fingerprint density at radius 2 is 1.62 bits per heavy atom. The second-order valence-corrected chi connectivity index (χ2v) is 11.0. The molecular weight excluding hydrogens is 508 g/mol. The monoisotopic (exact) mass is 540 g/mol. The largest absolute Gasteiger partial charge is 0.384 e. The smallest absolute Gasteiger partial charge is 0.261 e. The van der Waals surface area contributed by atoms with Crippen molar-refractivity contribution in [3.63, 3.8) is 0 Å². The van der Waals surface area contributed by atoms with Crippen molar-refractivity contribution in [2.45, 2.75) is 44.9 Å². The molecule has 0 bridgehead atoms. The predicted octanol–water partition coefficient (Wildman–Crippen LogP) is 7.30. The molecular formula is C32H33ClN4O2. The number of fused-ring (bicyclic) bond motifs is 1. The highest BCUT2D eigenvalue weighted by molar-refractivity contribution is 6.31. The van der Waals surface area contributed by atoms with Crippen molar-refractivity contribution in [3.8, 4) is 0 Å². The minimum atomic E-state index is -0.166. The molecule has 2 aliphatic rings. The minimum absolute atomic E-state index is 0.166. The van der Waals surface area contributed by atoms with Crippen LogP contribution < -0.4 is 10.2 Å². The van der Waals surface area contributed by atoms with Gasteiger partial charge in [0, 0.05) is 76.1 Å². The molecule has 1 N–H and O–H groups in total. The lowest BCUT2D eigenvalue weighted by molar-refractivity contribution is 0.0608. The predicted molar refractivity (Wildman–Crippen MR) is 159 cm³/mol. The van der Waals surface area contributed by atoms with E-state index in [0.29, 0.717) is 22.7 Å². The van der Waals surface area contributed by atoms with Gasteiger partial charge in [-0.05, 0) is 74.6 Å². The summed E-state index contributed by atoms with van der Waals surface area (Å²) in [5.41, 5.74) is 4.37. The van der Waals surface area contributed by atoms with Crippen LogP contribution in [0.3, 0.4) is 0 Å². The zero-order valence-electron chi connectivity index (χ0n) is 22.1. The minimum Gasteiger partial charge on any atom is -0.384 e. The Morgan fingerprint density at radius 1 is 0.821 bits per heavy atom. The van der Waals surface area contributed by atoms with Crippen molar-refractivity contribution in [2.75, 3.05) is 36.4 Å². The van der Waals surface area contributed by atoms with Crippen LogP contribution >= 0.6 is 11.6 Å². The Hall–Kier alpha value is -3.64. The SMILES string of the molecule is O=C1c2cccc3c(N4CCCCC4)ccc(c23)C(=O)N1CCCCCCNc1ccnc2cc(Cl)ccc12. The fraction of sp³-hybridized carbons (Fsp3) is 0.344. The van der Waals surface area contributed by atoms with E-state index in [0.717, 1.165) is 78.4 Å². The standard InChI is InChI=1S/C32H33ClN4O2/c33-22-11-12-23-27(15-17-35-28(23)21-22)34-16-4-1-2-7-20-37-31(38)25-10-8-9-24-29(36-18-5-3-6-19-36)14-13-26(30(24)25)32(37)39/h8-15,17,21H,1-7,16,18-20H2,(H,34,35). The van der Waals surface area contributed by atoms with Crippen LogP contribution in [0.15, 0.2) is 60.8 Å². The molecule has 200 valence electrons. The number of benzene rings is 3. The molecule has 0 aliphatic carbocycles. The number of rotatable bonds is 9. The van der Waals surface area contributed by atoms with E-state index in [2.05, 4.69) is 27.3 Å². The van der Waals surface area contributed by atoms with Crippen molar-refractivity contribution in [2.24, 2.45) is 0 Å². The molecule has 3 aromatic carbocycles. The summed E-state index contributed by atoms with van der Waals surface area (Å²) in [5, 5.41) is 7.09. The van der Waals surface area contributed by atoms with E-state index >= 15 is 0 Å². The third-order valence-corrected chi connectivity index (χ3v) is 8.23. The number of piperidine rings is 1. The van der Waals surface area contributed by atoms with Crippen molar-refractivity contribution in [1.29, 1.82) is 0 Å². The molecule has 0 spiro atoms. The normalized spacial score (nSPS) is 15.4. The molecule has 2 amide bonds. The van der Waals surface area contributed by atoms with E-state index in [9.17, 15) is 9.59 Å². The number of hydrogen-bond donors (Lipinski definition) is 1. The van der Waals surface area contributed by atoms with Gasteiger partial charge in [-0.1, -0.05) is 36.6 Å². The molecule has 0 unspecified atom stereocenters. The topological polar surface area (TPSA) is 65.5 Å². The van der Waals surface area contributed by atoms with E-state index in [1.165, 1.54) is 24.2 Å². The van der Waals surface area contributed by atoms with Gasteiger partial charge in [0.2, 0.25) is 0 Å². The van der Waals surface area contributed by atoms with Crippen LogP contribution in [-0.4, -0.2) is 47.9 Å². The van der Waals surface area contributed by atoms with E-state index in [1.807, 2.05) is 42.5 Å². The lowest BCUT2D eigenvalue weighted by Gasteiger charge is -2.32. The highest BCUT2D eigenvalue weighted by Crippen LogP contribution is 2.37. The van der Waals surface area contributed by atoms with Gasteiger partial charge in [0.25, 0.3) is 11.8 Å². The molecule has 0 radical (unpaired) electrons. The first-order chi connectivity index (χ1) is 19.1. The van der Waals surface area contributed by atoms with Crippen LogP contribution in [0.5, 0.6) is 0 Å². The number of nitrogens with one attached hydrogen (secondary N) is 1. The molecule has 1 fully saturated rings. The summed E-state index contributed by atoms with van der Waals surface area (Å²) in [6.45, 7) is 3.34. The second-order valence-electron chi connectivity index (χ2n) is 10.5. The summed E-state index contributed by atoms with van der Waals surface area (Å²) in [7, 11) is 0. The molecule has 6 nitrogen and oxygen atoms in total. The number of hydrogen-bond acceptors (Lipinski definition) is 5. The number of carbonyl (C=O) groups excluding carboxylic acids is 2. The number of amides is 2. The van der Waals surface area contributed by atoms with Crippen molar-refractivity contribution >= 4 is 56.5 Å². The van der Waals surface area contributed by atoms with E-state index < -0.39 is 0 Å². The zero-order chi connectivity index (χ0) is 26.8. The van der Waals surface area contributed by atoms with E-state index in [4.69, 9.17) is 11.6 Å². The summed E-state index contributed by atoms with van der Waals surface area (Å²) >= 11 is 6.09. The third kappa shape index (κ3) is 5.06. The molecule has 1 saturated heterocycles. The van der Waals surface area contributed by atoms with Crippen LogP contribution in [0.25, 0.3) is 21.7 Å². The summed E-state index contributed by atoms with van der Waals surface area (Å²) in [6, 6.07) is 17.6. The number of unbranched alkanes of at least 4 members (excludes halogenated alkanes) is 3. The molecule has 4 aromatic rings. The van der Waals surface area contributed by atoms with Gasteiger partial charge < -0.3 is 10.2 Å². The van der Waals surface area contributed by atoms with Crippen LogP contribution in [0.4, 0.5) is 11.4 Å². The van der Waals surface area contributed by atoms with Gasteiger partial charge >= 0.3 is 0 Å². The highest BCUT2D eigenvalue weighted by Gasteiger charge is 2.33. The maximum atomic E-state index is 13.4. The average Bonchev–Trinajstić information content (AvgIpc) is 2.97. The van der Waals surface area contributed by atoms with Gasteiger partial charge in [-0.25, -0.2) is 0 Å². The van der Waals surface area contributed by atoms with Crippen molar-refractivity contribution in [3.05, 3.63) is 76.9 Å². The number of anilines is 2. The molecule has 2 aliphatic heterocycles. The van der Waals surface area contributed by atoms with Crippen LogP contribution in [0.2, 0.25) is 5.02 Å². The van der Waals surface area contributed by atoms with E-state index in [-0.39, 0.29) is 11.8 Å². The Balaban J connectivity index is 1.05. The third-order valence-electron chi connectivity index (χ3n) is 7.99. The number of aromatic nitrogens is 1. The summed E-state index contributed by atoms with van der Waals surface area (Å²) in [5.74, 6) is -0.333. The Labute approximate surface area is 233 Å². The van der Waals surface area contributed by atoms with Gasteiger partial charge in [-0.3, -0.25) is 19.5 Å². The number of carbonyl (C=O) groups is 2. The molecule has 7 heteroatoms. The van der Waals surface area contributed by atoms with Crippen molar-refractivity contribution in [1.82, 2.24) is 9.88 Å². The lowest BCUT2D eigenvalue weighted by Crippen LogP contribution is -2.41. The first kappa shape index (κ1) is 25.6. The highest BCUT2D eigenvalue weighted by atomic mass is 35.5. The first-order valence-corrected chi connectivity index (χ1v) is 14.4. The molecule has 39 heavy (non-hydrogen) atoms. The number of imide groups is 1. The Kier molecular flexibility index (Phi) is 7.38. The van der Waals surface area contributed by atoms with Gasteiger partial charge in [0.15, 0.2) is 0 Å². The lowest BCUT2D eigenvalue weighted by atomic mass is 9.92. The number of pyridine rings is 1. The molecule has 1 aromatic heterocycles. The van der Waals surface area contributed by atoms with Gasteiger partial charge in [0.1, 0.15) is 0 Å². The van der Waals surface area contributed by atoms with Crippen LogP contribution in [0, 0.1) is 0 Å². The maximum absolute atomic E-state index is 13.4. The summed E-state index contributed by atoms with van der Waals surface area (Å²) in [6.07, 6.45) is 9.19. The number of halogens is 1. The van der Waals surface area contributed by atoms with Crippen LogP contribution in [0.1, 0.15) is 65.7 Å². The Bertz CT molecular complexity index is 1520. The second kappa shape index (κ2) is 11.2. The first-order valence-electron chi connectivity index (χ1n) is 14.1. The van der Waals surface area contributed by atoms with Gasteiger partial charge in [0.05, 0.1) is 5.52 Å². The van der Waals surface area contributed by atoms with Gasteiger partial charge in [-0.15, -0.1) is 0 Å². The van der Waals surface area contributed by atoms with Crippen molar-refractivity contribution < 1.29 is 9.59 Å². The molecule has 0 atom stereocenters. The quantitative estimate of drug-likeness (QED) is 0.178. The fourth-order valence-corrected chi connectivity index (χ4v) is 6.16. The molecule has 3 heterocycles. The van der Waals surface area contributed by atoms with E-state index in [1.54, 1.807) is 6.20 Å². The summed E-state index contributed by atoms with van der Waals surface area (Å²) < 4.78 is 0. The molecule has 6 rings (SSSR count). The number of nitrogens with zero attached hydrogens (tertiary/aromatic N) is 3. The fourth-order valence-electron chi connectivity index (χ4n) is 5.99. The maximum Gasteiger partial charge on any atom is 0.261 e. The molecule has 0 saturated carbocycles. The van der Waals surface area contributed by atoms with Crippen LogP contribution in [-0.2, 0) is 0 Å². The van der Waals surface area contributed by atoms with Gasteiger partial charge in [-0.2, -0.15) is 0 Å². The average molecular weight is 541 g/mol. The summed E-state index contributed by atoms with van der Waals surface area (Å²) in [4.78, 5) is 35.1. The zero-order valence-corrected chi connectivity index (χ0v) is 22.8.